The predicted molar refractivity (Wildman–Crippen MR) is 94.1 cm³/mol. The Kier molecular flexibility index (Phi) is 5.05. The van der Waals surface area contributed by atoms with Crippen molar-refractivity contribution in [2.24, 2.45) is 0 Å². The number of pyridine rings is 2. The van der Waals surface area contributed by atoms with Crippen LogP contribution in [-0.2, 0) is 4.79 Å². The number of aryl methyl sites for hydroxylation is 1. The minimum atomic E-state index is 0.0538. The zero-order valence-corrected chi connectivity index (χ0v) is 14.1. The van der Waals surface area contributed by atoms with Crippen LogP contribution < -0.4 is 10.6 Å². The highest BCUT2D eigenvalue weighted by Gasteiger charge is 2.30. The molecule has 24 heavy (non-hydrogen) atoms. The topological polar surface area (TPSA) is 70.2 Å². The van der Waals surface area contributed by atoms with Crippen molar-refractivity contribution in [3.63, 3.8) is 0 Å². The summed E-state index contributed by atoms with van der Waals surface area (Å²) in [6, 6.07) is 11.8. The van der Waals surface area contributed by atoms with E-state index in [1.54, 1.807) is 7.05 Å². The van der Waals surface area contributed by atoms with Gasteiger partial charge in [-0.2, -0.15) is 0 Å². The monoisotopic (exact) mass is 325 g/mol. The molecule has 2 aromatic heterocycles. The molecule has 0 saturated carbocycles. The van der Waals surface area contributed by atoms with E-state index in [0.717, 1.165) is 42.4 Å². The van der Waals surface area contributed by atoms with Crippen LogP contribution in [0.5, 0.6) is 0 Å². The van der Waals surface area contributed by atoms with Crippen molar-refractivity contribution in [1.82, 2.24) is 20.2 Å². The smallest absolute Gasteiger partial charge is 0.237 e. The molecule has 1 aliphatic heterocycles. The van der Waals surface area contributed by atoms with E-state index in [-0.39, 0.29) is 11.9 Å². The maximum absolute atomic E-state index is 12.3. The van der Waals surface area contributed by atoms with E-state index >= 15 is 0 Å². The van der Waals surface area contributed by atoms with Crippen LogP contribution in [0.4, 0.5) is 11.6 Å². The average Bonchev–Trinajstić information content (AvgIpc) is 3.05. The zero-order chi connectivity index (χ0) is 16.9. The van der Waals surface area contributed by atoms with E-state index in [4.69, 9.17) is 4.98 Å². The van der Waals surface area contributed by atoms with Gasteiger partial charge in [0.25, 0.3) is 0 Å². The van der Waals surface area contributed by atoms with Crippen molar-refractivity contribution in [2.75, 3.05) is 25.5 Å². The van der Waals surface area contributed by atoms with Crippen LogP contribution in [-0.4, -0.2) is 40.9 Å². The molecule has 0 aliphatic carbocycles. The highest BCUT2D eigenvalue weighted by molar-refractivity contribution is 5.79. The minimum absolute atomic E-state index is 0.0538. The molecule has 0 spiro atoms. The van der Waals surface area contributed by atoms with Gasteiger partial charge >= 0.3 is 0 Å². The van der Waals surface area contributed by atoms with Crippen LogP contribution in [0, 0.1) is 6.92 Å². The van der Waals surface area contributed by atoms with E-state index in [1.165, 1.54) is 0 Å². The number of likely N-dealkylation sites (N-methyl/N-ethyl adjacent to an activating group) is 1. The molecule has 3 heterocycles. The molecule has 0 bridgehead atoms. The Hall–Kier alpha value is -2.47. The Morgan fingerprint density at radius 2 is 1.96 bits per heavy atom. The van der Waals surface area contributed by atoms with E-state index < -0.39 is 0 Å². The third-order valence-corrected chi connectivity index (χ3v) is 4.16. The Morgan fingerprint density at radius 3 is 2.71 bits per heavy atom. The van der Waals surface area contributed by atoms with Crippen LogP contribution in [0.15, 0.2) is 36.4 Å². The highest BCUT2D eigenvalue weighted by atomic mass is 16.2. The van der Waals surface area contributed by atoms with Gasteiger partial charge in [-0.1, -0.05) is 12.1 Å². The Balaban J connectivity index is 1.78. The van der Waals surface area contributed by atoms with E-state index in [0.29, 0.717) is 6.54 Å². The second-order valence-corrected chi connectivity index (χ2v) is 6.01. The molecular formula is C18H23N5O. The summed E-state index contributed by atoms with van der Waals surface area (Å²) in [4.78, 5) is 23.3. The molecule has 1 aliphatic rings. The number of amides is 1. The second-order valence-electron chi connectivity index (χ2n) is 6.01. The number of hydrogen-bond acceptors (Lipinski definition) is 5. The average molecular weight is 325 g/mol. The normalized spacial score (nSPS) is 17.1. The molecule has 0 aromatic carbocycles. The van der Waals surface area contributed by atoms with Crippen LogP contribution in [0.2, 0.25) is 0 Å². The van der Waals surface area contributed by atoms with Gasteiger partial charge in [0.05, 0.1) is 18.3 Å². The molecule has 1 amide bonds. The molecule has 2 aromatic rings. The van der Waals surface area contributed by atoms with Gasteiger partial charge in [-0.25, -0.2) is 9.97 Å². The highest BCUT2D eigenvalue weighted by Crippen LogP contribution is 2.31. The lowest BCUT2D eigenvalue weighted by Gasteiger charge is -2.24. The van der Waals surface area contributed by atoms with E-state index in [9.17, 15) is 4.79 Å². The predicted octanol–water partition coefficient (Wildman–Crippen LogP) is 2.41. The van der Waals surface area contributed by atoms with Gasteiger partial charge in [-0.3, -0.25) is 4.79 Å². The molecule has 3 rings (SSSR count). The lowest BCUT2D eigenvalue weighted by atomic mass is 10.1. The lowest BCUT2D eigenvalue weighted by molar-refractivity contribution is -0.131. The maximum Gasteiger partial charge on any atom is 0.237 e. The van der Waals surface area contributed by atoms with Gasteiger partial charge in [0.15, 0.2) is 0 Å². The number of carbonyl (C=O) groups is 1. The van der Waals surface area contributed by atoms with Gasteiger partial charge in [0.1, 0.15) is 11.6 Å². The fourth-order valence-corrected chi connectivity index (χ4v) is 3.08. The van der Waals surface area contributed by atoms with Gasteiger partial charge in [0, 0.05) is 12.2 Å². The number of aromatic nitrogens is 2. The molecule has 2 N–H and O–H groups in total. The van der Waals surface area contributed by atoms with Crippen LogP contribution in [0.3, 0.4) is 0 Å². The molecule has 1 fully saturated rings. The summed E-state index contributed by atoms with van der Waals surface area (Å²) in [6.45, 7) is 3.12. The van der Waals surface area contributed by atoms with Crippen molar-refractivity contribution in [3.05, 3.63) is 47.8 Å². The van der Waals surface area contributed by atoms with Crippen LogP contribution in [0.1, 0.15) is 30.3 Å². The fraction of sp³-hybridized carbons (Fsp3) is 0.389. The summed E-state index contributed by atoms with van der Waals surface area (Å²) in [5.41, 5.74) is 1.88. The van der Waals surface area contributed by atoms with Crippen LogP contribution in [0.25, 0.3) is 0 Å². The summed E-state index contributed by atoms with van der Waals surface area (Å²) in [5, 5.41) is 6.17. The Morgan fingerprint density at radius 1 is 1.21 bits per heavy atom. The largest absolute Gasteiger partial charge is 0.333 e. The summed E-state index contributed by atoms with van der Waals surface area (Å²) in [7, 11) is 1.79. The molecule has 1 saturated heterocycles. The van der Waals surface area contributed by atoms with Crippen LogP contribution >= 0.6 is 0 Å². The van der Waals surface area contributed by atoms with E-state index in [1.807, 2.05) is 48.2 Å². The first-order valence-corrected chi connectivity index (χ1v) is 8.29. The van der Waals surface area contributed by atoms with Crippen molar-refractivity contribution in [1.29, 1.82) is 0 Å². The first kappa shape index (κ1) is 16.4. The van der Waals surface area contributed by atoms with Gasteiger partial charge in [0.2, 0.25) is 5.91 Å². The molecule has 126 valence electrons. The number of carbonyl (C=O) groups excluding carboxylic acids is 1. The van der Waals surface area contributed by atoms with Gasteiger partial charge in [-0.05, 0) is 51.1 Å². The third kappa shape index (κ3) is 3.71. The molecule has 0 radical (unpaired) electrons. The fourth-order valence-electron chi connectivity index (χ4n) is 3.08. The molecule has 1 atom stereocenters. The summed E-state index contributed by atoms with van der Waals surface area (Å²) < 4.78 is 0. The maximum atomic E-state index is 12.3. The summed E-state index contributed by atoms with van der Waals surface area (Å²) >= 11 is 0. The molecule has 6 nitrogen and oxygen atoms in total. The number of nitrogens with one attached hydrogen (secondary N) is 2. The van der Waals surface area contributed by atoms with Gasteiger partial charge < -0.3 is 15.5 Å². The van der Waals surface area contributed by atoms with Crippen molar-refractivity contribution < 1.29 is 4.79 Å². The van der Waals surface area contributed by atoms with E-state index in [2.05, 4.69) is 15.6 Å². The Labute approximate surface area is 142 Å². The molecular weight excluding hydrogens is 302 g/mol. The quantitative estimate of drug-likeness (QED) is 0.883. The molecule has 6 heteroatoms. The lowest BCUT2D eigenvalue weighted by Crippen LogP contribution is -2.36. The number of rotatable bonds is 5. The number of anilines is 2. The SMILES string of the molecule is CNCC(=O)N1CCCC1c1cccc(Nc2cccc(C)n2)n1. The standard InChI is InChI=1S/C18H23N5O/c1-13-6-3-9-16(20-13)22-17-10-4-7-14(21-17)15-8-5-11-23(15)18(24)12-19-2/h3-4,6-7,9-10,15,19H,5,8,11-12H2,1-2H3,(H,20,21,22). The van der Waals surface area contributed by atoms with Crippen molar-refractivity contribution in [3.8, 4) is 0 Å². The van der Waals surface area contributed by atoms with Crippen molar-refractivity contribution >= 4 is 17.5 Å². The number of nitrogens with zero attached hydrogens (tertiary/aromatic N) is 3. The molecule has 1 unspecified atom stereocenters. The second kappa shape index (κ2) is 7.40. The summed E-state index contributed by atoms with van der Waals surface area (Å²) in [6.07, 6.45) is 1.97. The van der Waals surface area contributed by atoms with Gasteiger partial charge in [-0.15, -0.1) is 0 Å². The first-order valence-electron chi connectivity index (χ1n) is 8.29. The van der Waals surface area contributed by atoms with Crippen molar-refractivity contribution in [2.45, 2.75) is 25.8 Å². The summed E-state index contributed by atoms with van der Waals surface area (Å²) in [5.74, 6) is 1.65. The number of hydrogen-bond donors (Lipinski definition) is 2. The Bertz CT molecular complexity index is 718. The first-order chi connectivity index (χ1) is 11.7. The number of likely N-dealkylation sites (tertiary alicyclic amines) is 1. The zero-order valence-electron chi connectivity index (χ0n) is 14.1. The third-order valence-electron chi connectivity index (χ3n) is 4.16. The minimum Gasteiger partial charge on any atom is -0.333 e.